The molecule has 0 aromatic carbocycles. The molecule has 0 amide bonds. The molecule has 3 N–H and O–H groups in total. The van der Waals surface area contributed by atoms with Crippen LogP contribution in [0.15, 0.2) is 36.8 Å². The van der Waals surface area contributed by atoms with Crippen molar-refractivity contribution < 1.29 is 13.2 Å². The van der Waals surface area contributed by atoms with Crippen LogP contribution < -0.4 is 11.3 Å². The van der Waals surface area contributed by atoms with Crippen molar-refractivity contribution in [2.75, 3.05) is 0 Å². The lowest BCUT2D eigenvalue weighted by atomic mass is 9.97. The number of nitrogens with one attached hydrogen (secondary N) is 1. The maximum Gasteiger partial charge on any atom is 0.416 e. The summed E-state index contributed by atoms with van der Waals surface area (Å²) in [6.07, 6.45) is -0.892. The Hall–Kier alpha value is -1.70. The van der Waals surface area contributed by atoms with E-state index in [1.54, 1.807) is 0 Å². The number of nitrogens with zero attached hydrogens (tertiary/aromatic N) is 2. The molecule has 4 nitrogen and oxygen atoms in total. The summed E-state index contributed by atoms with van der Waals surface area (Å²) in [6.45, 7) is 0. The number of hydrogen-bond acceptors (Lipinski definition) is 4. The van der Waals surface area contributed by atoms with E-state index in [4.69, 9.17) is 17.4 Å². The molecular weight excluding hydrogens is 293 g/mol. The van der Waals surface area contributed by atoms with Gasteiger partial charge in [0, 0.05) is 24.2 Å². The maximum atomic E-state index is 13.0. The van der Waals surface area contributed by atoms with Crippen LogP contribution in [0.4, 0.5) is 13.2 Å². The summed E-state index contributed by atoms with van der Waals surface area (Å²) in [5.41, 5.74) is 1.93. The smallest absolute Gasteiger partial charge is 0.271 e. The standard InChI is InChI=1S/C12H10ClF3N4/c13-10-5-7(1-4-19-10)11(20-17)8-6-18-3-2-9(8)12(14,15)16/h1-6,11,20H,17H2. The Bertz CT molecular complexity index is 603. The van der Waals surface area contributed by atoms with Gasteiger partial charge in [0.1, 0.15) is 5.15 Å². The van der Waals surface area contributed by atoms with Crippen molar-refractivity contribution >= 4 is 11.6 Å². The van der Waals surface area contributed by atoms with Crippen LogP contribution >= 0.6 is 11.6 Å². The van der Waals surface area contributed by atoms with Crippen molar-refractivity contribution in [2.45, 2.75) is 12.2 Å². The first-order chi connectivity index (χ1) is 9.43. The normalized spacial score (nSPS) is 13.2. The fraction of sp³-hybridized carbons (Fsp3) is 0.167. The SMILES string of the molecule is NNC(c1ccnc(Cl)c1)c1cnccc1C(F)(F)F. The van der Waals surface area contributed by atoms with Gasteiger partial charge in [0.05, 0.1) is 11.6 Å². The summed E-state index contributed by atoms with van der Waals surface area (Å²) in [5, 5.41) is 0.167. The van der Waals surface area contributed by atoms with E-state index in [1.807, 2.05) is 0 Å². The molecule has 0 aliphatic carbocycles. The van der Waals surface area contributed by atoms with Crippen LogP contribution in [0.5, 0.6) is 0 Å². The summed E-state index contributed by atoms with van der Waals surface area (Å²) in [4.78, 5) is 7.51. The zero-order valence-corrected chi connectivity index (χ0v) is 10.8. The van der Waals surface area contributed by atoms with E-state index in [0.717, 1.165) is 18.5 Å². The summed E-state index contributed by atoms with van der Waals surface area (Å²) < 4.78 is 39.0. The molecule has 2 aromatic heterocycles. The van der Waals surface area contributed by atoms with Crippen molar-refractivity contribution in [1.29, 1.82) is 0 Å². The molecule has 0 fully saturated rings. The quantitative estimate of drug-likeness (QED) is 0.520. The van der Waals surface area contributed by atoms with Gasteiger partial charge in [-0.1, -0.05) is 11.6 Å². The van der Waals surface area contributed by atoms with E-state index in [-0.39, 0.29) is 10.7 Å². The van der Waals surface area contributed by atoms with Gasteiger partial charge in [-0.15, -0.1) is 0 Å². The van der Waals surface area contributed by atoms with Crippen LogP contribution in [0.25, 0.3) is 0 Å². The number of pyridine rings is 2. The third kappa shape index (κ3) is 3.06. The summed E-state index contributed by atoms with van der Waals surface area (Å²) >= 11 is 5.75. The number of alkyl halides is 3. The summed E-state index contributed by atoms with van der Waals surface area (Å²) in [5.74, 6) is 5.39. The number of halogens is 4. The van der Waals surface area contributed by atoms with Crippen molar-refractivity contribution in [3.63, 3.8) is 0 Å². The molecular formula is C12H10ClF3N4. The largest absolute Gasteiger partial charge is 0.416 e. The zero-order chi connectivity index (χ0) is 14.8. The summed E-state index contributed by atoms with van der Waals surface area (Å²) in [7, 11) is 0. The molecule has 2 aromatic rings. The van der Waals surface area contributed by atoms with E-state index in [9.17, 15) is 13.2 Å². The highest BCUT2D eigenvalue weighted by atomic mass is 35.5. The number of aromatic nitrogens is 2. The van der Waals surface area contributed by atoms with E-state index < -0.39 is 17.8 Å². The third-order valence-corrected chi connectivity index (χ3v) is 2.93. The highest BCUT2D eigenvalue weighted by Gasteiger charge is 2.35. The number of hydrazine groups is 1. The molecule has 1 unspecified atom stereocenters. The third-order valence-electron chi connectivity index (χ3n) is 2.72. The first kappa shape index (κ1) is 14.7. The predicted molar refractivity (Wildman–Crippen MR) is 67.7 cm³/mol. The molecule has 2 heterocycles. The van der Waals surface area contributed by atoms with Gasteiger partial charge in [-0.25, -0.2) is 10.4 Å². The highest BCUT2D eigenvalue weighted by molar-refractivity contribution is 6.29. The Labute approximate surface area is 117 Å². The molecule has 106 valence electrons. The average Bonchev–Trinajstić information content (AvgIpc) is 2.39. The first-order valence-electron chi connectivity index (χ1n) is 5.52. The van der Waals surface area contributed by atoms with Crippen molar-refractivity contribution in [3.8, 4) is 0 Å². The Morgan fingerprint density at radius 1 is 1.25 bits per heavy atom. The number of hydrogen-bond donors (Lipinski definition) is 2. The molecule has 0 saturated carbocycles. The first-order valence-corrected chi connectivity index (χ1v) is 5.90. The van der Waals surface area contributed by atoms with Gasteiger partial charge in [0.15, 0.2) is 0 Å². The molecule has 0 aliphatic heterocycles. The molecule has 2 rings (SSSR count). The molecule has 0 aliphatic rings. The predicted octanol–water partition coefficient (Wildman–Crippen LogP) is 2.70. The Morgan fingerprint density at radius 2 is 2.00 bits per heavy atom. The lowest BCUT2D eigenvalue weighted by Crippen LogP contribution is -2.30. The van der Waals surface area contributed by atoms with Crippen LogP contribution in [-0.2, 0) is 6.18 Å². The molecule has 0 saturated heterocycles. The van der Waals surface area contributed by atoms with Crippen LogP contribution in [0.2, 0.25) is 5.15 Å². The van der Waals surface area contributed by atoms with Crippen LogP contribution in [-0.4, -0.2) is 9.97 Å². The highest BCUT2D eigenvalue weighted by Crippen LogP contribution is 2.35. The van der Waals surface area contributed by atoms with Crippen molar-refractivity contribution in [3.05, 3.63) is 58.6 Å². The Balaban J connectivity index is 2.53. The van der Waals surface area contributed by atoms with Gasteiger partial charge >= 0.3 is 6.18 Å². The molecule has 0 radical (unpaired) electrons. The second-order valence-electron chi connectivity index (χ2n) is 3.97. The zero-order valence-electron chi connectivity index (χ0n) is 10.0. The molecule has 0 bridgehead atoms. The number of nitrogens with two attached hydrogens (primary N) is 1. The van der Waals surface area contributed by atoms with Crippen molar-refractivity contribution in [2.24, 2.45) is 5.84 Å². The molecule has 8 heteroatoms. The second-order valence-corrected chi connectivity index (χ2v) is 4.36. The van der Waals surface area contributed by atoms with Gasteiger partial charge in [-0.2, -0.15) is 13.2 Å². The summed E-state index contributed by atoms with van der Waals surface area (Å²) in [6, 6.07) is 2.99. The minimum atomic E-state index is -4.50. The van der Waals surface area contributed by atoms with E-state index in [2.05, 4.69) is 15.4 Å². The van der Waals surface area contributed by atoms with Gasteiger partial charge in [-0.05, 0) is 23.8 Å². The molecule has 0 spiro atoms. The van der Waals surface area contributed by atoms with Crippen LogP contribution in [0.3, 0.4) is 0 Å². The van der Waals surface area contributed by atoms with Gasteiger partial charge < -0.3 is 0 Å². The van der Waals surface area contributed by atoms with Gasteiger partial charge in [0.2, 0.25) is 0 Å². The average molecular weight is 303 g/mol. The van der Waals surface area contributed by atoms with E-state index in [1.165, 1.54) is 18.3 Å². The fourth-order valence-corrected chi connectivity index (χ4v) is 2.04. The van der Waals surface area contributed by atoms with Gasteiger partial charge in [-0.3, -0.25) is 10.8 Å². The fourth-order valence-electron chi connectivity index (χ4n) is 1.86. The van der Waals surface area contributed by atoms with E-state index in [0.29, 0.717) is 5.56 Å². The second kappa shape index (κ2) is 5.74. The number of rotatable bonds is 3. The minimum Gasteiger partial charge on any atom is -0.271 e. The lowest BCUT2D eigenvalue weighted by Gasteiger charge is -2.20. The Kier molecular flexibility index (Phi) is 4.22. The van der Waals surface area contributed by atoms with E-state index >= 15 is 0 Å². The van der Waals surface area contributed by atoms with Crippen molar-refractivity contribution in [1.82, 2.24) is 15.4 Å². The topological polar surface area (TPSA) is 63.8 Å². The molecule has 1 atom stereocenters. The van der Waals surface area contributed by atoms with Crippen LogP contribution in [0, 0.1) is 0 Å². The minimum absolute atomic E-state index is 0.0789. The maximum absolute atomic E-state index is 13.0. The van der Waals surface area contributed by atoms with Gasteiger partial charge in [0.25, 0.3) is 0 Å². The van der Waals surface area contributed by atoms with Crippen LogP contribution in [0.1, 0.15) is 22.7 Å². The Morgan fingerprint density at radius 3 is 2.60 bits per heavy atom. The monoisotopic (exact) mass is 302 g/mol. The lowest BCUT2D eigenvalue weighted by molar-refractivity contribution is -0.138. The molecule has 20 heavy (non-hydrogen) atoms.